The molecule has 1 heterocycles. The van der Waals surface area contributed by atoms with E-state index in [1.807, 2.05) is 78.9 Å². The zero-order chi connectivity index (χ0) is 27.9. The van der Waals surface area contributed by atoms with E-state index < -0.39 is 0 Å². The van der Waals surface area contributed by atoms with E-state index >= 15 is 0 Å². The largest absolute Gasteiger partial charge is 0.493 e. The van der Waals surface area contributed by atoms with Gasteiger partial charge < -0.3 is 28.4 Å². The van der Waals surface area contributed by atoms with E-state index in [0.29, 0.717) is 53.1 Å². The molecule has 40 heavy (non-hydrogen) atoms. The van der Waals surface area contributed by atoms with Gasteiger partial charge in [-0.2, -0.15) is 0 Å². The molecule has 0 spiro atoms. The van der Waals surface area contributed by atoms with Crippen molar-refractivity contribution in [3.63, 3.8) is 0 Å². The number of benzene rings is 4. The van der Waals surface area contributed by atoms with Gasteiger partial charge in [-0.1, -0.05) is 66.7 Å². The number of ketones is 1. The van der Waals surface area contributed by atoms with Crippen molar-refractivity contribution in [1.29, 1.82) is 0 Å². The van der Waals surface area contributed by atoms with Crippen LogP contribution in [-0.4, -0.2) is 33.7 Å². The maximum atomic E-state index is 13.6. The van der Waals surface area contributed by atoms with Crippen LogP contribution in [0.1, 0.15) is 27.0 Å². The van der Waals surface area contributed by atoms with Crippen LogP contribution in [0.25, 0.3) is 6.08 Å². The van der Waals surface area contributed by atoms with Crippen LogP contribution < -0.4 is 28.4 Å². The van der Waals surface area contributed by atoms with Gasteiger partial charge in [-0.15, -0.1) is 0 Å². The summed E-state index contributed by atoms with van der Waals surface area (Å²) in [5.74, 6) is 2.37. The number of methoxy groups -OCH3 is 3. The first-order valence-corrected chi connectivity index (χ1v) is 12.8. The summed E-state index contributed by atoms with van der Waals surface area (Å²) in [7, 11) is 4.49. The molecule has 0 amide bonds. The molecule has 0 atom stereocenters. The lowest BCUT2D eigenvalue weighted by Crippen LogP contribution is -2.20. The van der Waals surface area contributed by atoms with Crippen molar-refractivity contribution in [3.8, 4) is 34.5 Å². The molecule has 1 aliphatic heterocycles. The monoisotopic (exact) mass is 538 g/mol. The van der Waals surface area contributed by atoms with Gasteiger partial charge in [0.2, 0.25) is 5.75 Å². The highest BCUT2D eigenvalue weighted by molar-refractivity contribution is 6.16. The molecule has 0 aliphatic carbocycles. The highest BCUT2D eigenvalue weighted by atomic mass is 16.5. The van der Waals surface area contributed by atoms with Crippen LogP contribution in [0.5, 0.6) is 34.5 Å². The third-order valence-electron chi connectivity index (χ3n) is 6.48. The maximum Gasteiger partial charge on any atom is 0.204 e. The molecule has 0 aromatic heterocycles. The van der Waals surface area contributed by atoms with Gasteiger partial charge in [-0.05, 0) is 34.9 Å². The third-order valence-corrected chi connectivity index (χ3v) is 6.48. The smallest absolute Gasteiger partial charge is 0.204 e. The lowest BCUT2D eigenvalue weighted by Gasteiger charge is -2.23. The molecule has 0 radical (unpaired) electrons. The lowest BCUT2D eigenvalue weighted by atomic mass is 9.96. The molecule has 1 aliphatic rings. The van der Waals surface area contributed by atoms with Crippen LogP contribution in [0.2, 0.25) is 0 Å². The van der Waals surface area contributed by atoms with Gasteiger partial charge in [0.15, 0.2) is 28.8 Å². The Balaban J connectivity index is 1.45. The average Bonchev–Trinajstić information content (AvgIpc) is 3.00. The Morgan fingerprint density at radius 2 is 1.32 bits per heavy atom. The summed E-state index contributed by atoms with van der Waals surface area (Å²) in [5.41, 5.74) is 3.60. The number of fused-ring (bicyclic) bond motifs is 1. The summed E-state index contributed by atoms with van der Waals surface area (Å²) in [6.07, 6.45) is 1.79. The Bertz CT molecular complexity index is 1510. The van der Waals surface area contributed by atoms with Crippen LogP contribution >= 0.6 is 0 Å². The van der Waals surface area contributed by atoms with E-state index in [9.17, 15) is 4.79 Å². The summed E-state index contributed by atoms with van der Waals surface area (Å²) in [5, 5.41) is 0. The van der Waals surface area contributed by atoms with E-state index in [0.717, 1.165) is 16.7 Å². The quantitative estimate of drug-likeness (QED) is 0.213. The molecular formula is C33H30O7. The molecule has 4 aromatic rings. The van der Waals surface area contributed by atoms with E-state index in [4.69, 9.17) is 28.4 Å². The SMILES string of the molecule is COc1cc2c(c(OC)c1OC)C(=O)/C(=C/c1ccc(OCc3ccccc3)c(OCc3ccccc3)c1)CO2. The van der Waals surface area contributed by atoms with Gasteiger partial charge in [0.25, 0.3) is 0 Å². The topological polar surface area (TPSA) is 72.5 Å². The van der Waals surface area contributed by atoms with E-state index in [1.165, 1.54) is 21.3 Å². The number of hydrogen-bond donors (Lipinski definition) is 0. The summed E-state index contributed by atoms with van der Waals surface area (Å²) in [6, 6.07) is 27.1. The van der Waals surface area contributed by atoms with Gasteiger partial charge in [0, 0.05) is 11.6 Å². The van der Waals surface area contributed by atoms with Crippen LogP contribution in [0, 0.1) is 0 Å². The van der Waals surface area contributed by atoms with Gasteiger partial charge in [-0.25, -0.2) is 0 Å². The predicted octanol–water partition coefficient (Wildman–Crippen LogP) is 6.53. The number of Topliss-reactive ketones (excluding diaryl/α,β-unsaturated/α-hetero) is 1. The normalized spacial score (nSPS) is 13.3. The van der Waals surface area contributed by atoms with Crippen molar-refractivity contribution < 1.29 is 33.2 Å². The first kappa shape index (κ1) is 26.7. The Morgan fingerprint density at radius 3 is 1.93 bits per heavy atom. The molecule has 4 aromatic carbocycles. The van der Waals surface area contributed by atoms with Crippen molar-refractivity contribution >= 4 is 11.9 Å². The average molecular weight is 539 g/mol. The molecule has 7 heteroatoms. The standard InChI is InChI=1S/C33H30O7/c1-35-29-18-28-30(33(37-3)32(29)36-2)31(34)25(21-40-28)16-24-14-15-26(38-19-22-10-6-4-7-11-22)27(17-24)39-20-23-12-8-5-9-13-23/h4-18H,19-21H2,1-3H3/b25-16+. The van der Waals surface area contributed by atoms with Gasteiger partial charge in [-0.3, -0.25) is 4.79 Å². The minimum Gasteiger partial charge on any atom is -0.493 e. The fourth-order valence-corrected chi connectivity index (χ4v) is 4.47. The van der Waals surface area contributed by atoms with Crippen molar-refractivity contribution in [2.24, 2.45) is 0 Å². The minimum atomic E-state index is -0.213. The Hall–Kier alpha value is -4.91. The molecule has 5 rings (SSSR count). The second-order valence-corrected chi connectivity index (χ2v) is 9.06. The summed E-state index contributed by atoms with van der Waals surface area (Å²) >= 11 is 0. The number of rotatable bonds is 10. The first-order chi connectivity index (χ1) is 19.6. The van der Waals surface area contributed by atoms with E-state index in [1.54, 1.807) is 12.1 Å². The summed E-state index contributed by atoms with van der Waals surface area (Å²) in [6.45, 7) is 0.866. The number of ether oxygens (including phenoxy) is 6. The Morgan fingerprint density at radius 1 is 0.700 bits per heavy atom. The predicted molar refractivity (Wildman–Crippen MR) is 152 cm³/mol. The van der Waals surface area contributed by atoms with Crippen molar-refractivity contribution in [1.82, 2.24) is 0 Å². The van der Waals surface area contributed by atoms with Crippen LogP contribution in [-0.2, 0) is 13.2 Å². The molecule has 0 bridgehead atoms. The number of hydrogen-bond acceptors (Lipinski definition) is 7. The maximum absolute atomic E-state index is 13.6. The van der Waals surface area contributed by atoms with Crippen molar-refractivity contribution in [2.75, 3.05) is 27.9 Å². The number of carbonyl (C=O) groups excluding carboxylic acids is 1. The van der Waals surface area contributed by atoms with Gasteiger partial charge in [0.1, 0.15) is 31.1 Å². The van der Waals surface area contributed by atoms with E-state index in [-0.39, 0.29) is 18.1 Å². The van der Waals surface area contributed by atoms with E-state index in [2.05, 4.69) is 0 Å². The third kappa shape index (κ3) is 5.73. The minimum absolute atomic E-state index is 0.0942. The van der Waals surface area contributed by atoms with Crippen LogP contribution in [0.4, 0.5) is 0 Å². The van der Waals surface area contributed by atoms with Crippen molar-refractivity contribution in [2.45, 2.75) is 13.2 Å². The molecule has 7 nitrogen and oxygen atoms in total. The Kier molecular flexibility index (Phi) is 8.21. The number of carbonyl (C=O) groups is 1. The molecule has 0 fully saturated rings. The summed E-state index contributed by atoms with van der Waals surface area (Å²) < 4.78 is 34.7. The van der Waals surface area contributed by atoms with Gasteiger partial charge >= 0.3 is 0 Å². The second kappa shape index (κ2) is 12.3. The fraction of sp³-hybridized carbons (Fsp3) is 0.182. The molecule has 204 valence electrons. The fourth-order valence-electron chi connectivity index (χ4n) is 4.47. The zero-order valence-electron chi connectivity index (χ0n) is 22.6. The van der Waals surface area contributed by atoms with Gasteiger partial charge in [0.05, 0.1) is 21.3 Å². The highest BCUT2D eigenvalue weighted by Gasteiger charge is 2.32. The first-order valence-electron chi connectivity index (χ1n) is 12.8. The van der Waals surface area contributed by atoms with Crippen molar-refractivity contribution in [3.05, 3.63) is 113 Å². The Labute approximate surface area is 233 Å². The molecule has 0 saturated carbocycles. The lowest BCUT2D eigenvalue weighted by molar-refractivity contribution is 0.0996. The molecule has 0 unspecified atom stereocenters. The molecular weight excluding hydrogens is 508 g/mol. The summed E-state index contributed by atoms with van der Waals surface area (Å²) in [4.78, 5) is 13.6. The second-order valence-electron chi connectivity index (χ2n) is 9.06. The van der Waals surface area contributed by atoms with Crippen LogP contribution in [0.15, 0.2) is 90.5 Å². The van der Waals surface area contributed by atoms with Crippen LogP contribution in [0.3, 0.4) is 0 Å². The molecule has 0 N–H and O–H groups in total. The molecule has 0 saturated heterocycles. The zero-order valence-corrected chi connectivity index (χ0v) is 22.6. The highest BCUT2D eigenvalue weighted by Crippen LogP contribution is 2.47.